The van der Waals surface area contributed by atoms with Crippen LogP contribution in [0, 0.1) is 0 Å². The van der Waals surface area contributed by atoms with E-state index in [0.717, 1.165) is 5.69 Å². The lowest BCUT2D eigenvalue weighted by molar-refractivity contribution is -0.131. The summed E-state index contributed by atoms with van der Waals surface area (Å²) in [6, 6.07) is 9.50. The van der Waals surface area contributed by atoms with Gasteiger partial charge in [-0.1, -0.05) is 18.2 Å². The number of ether oxygens (including phenoxy) is 1. The van der Waals surface area contributed by atoms with Crippen LogP contribution in [0.3, 0.4) is 0 Å². The van der Waals surface area contributed by atoms with Crippen molar-refractivity contribution < 1.29 is 14.3 Å². The Morgan fingerprint density at radius 2 is 1.87 bits per heavy atom. The average Bonchev–Trinajstić information content (AvgIpc) is 3.03. The lowest BCUT2D eigenvalue weighted by Crippen LogP contribution is -2.39. The molecule has 0 bridgehead atoms. The molecule has 122 valence electrons. The third-order valence-corrected chi connectivity index (χ3v) is 3.21. The molecule has 23 heavy (non-hydrogen) atoms. The van der Waals surface area contributed by atoms with E-state index in [4.69, 9.17) is 0 Å². The number of benzene rings is 1. The molecular formula is C15H19N5O3. The second-order valence-corrected chi connectivity index (χ2v) is 5.04. The van der Waals surface area contributed by atoms with Crippen molar-refractivity contribution in [2.75, 3.05) is 27.7 Å². The quantitative estimate of drug-likeness (QED) is 0.819. The van der Waals surface area contributed by atoms with E-state index < -0.39 is 6.09 Å². The summed E-state index contributed by atoms with van der Waals surface area (Å²) < 4.78 is 4.55. The van der Waals surface area contributed by atoms with Gasteiger partial charge in [-0.25, -0.2) is 4.79 Å². The molecule has 2 rings (SSSR count). The molecule has 0 spiro atoms. The molecule has 0 fully saturated rings. The van der Waals surface area contributed by atoms with Crippen LogP contribution in [-0.4, -0.2) is 64.5 Å². The van der Waals surface area contributed by atoms with Crippen molar-refractivity contribution in [2.24, 2.45) is 0 Å². The van der Waals surface area contributed by atoms with E-state index in [1.807, 2.05) is 30.3 Å². The van der Waals surface area contributed by atoms with Gasteiger partial charge >= 0.3 is 6.09 Å². The van der Waals surface area contributed by atoms with Crippen molar-refractivity contribution in [3.63, 3.8) is 0 Å². The zero-order valence-electron chi connectivity index (χ0n) is 13.3. The van der Waals surface area contributed by atoms with Crippen molar-refractivity contribution in [3.05, 3.63) is 42.2 Å². The van der Waals surface area contributed by atoms with Gasteiger partial charge in [-0.3, -0.25) is 4.79 Å². The summed E-state index contributed by atoms with van der Waals surface area (Å²) in [6.07, 6.45) is 1.06. The highest BCUT2D eigenvalue weighted by Crippen LogP contribution is 2.06. The van der Waals surface area contributed by atoms with Crippen molar-refractivity contribution in [3.8, 4) is 5.69 Å². The Hall–Kier alpha value is -2.90. The van der Waals surface area contributed by atoms with Gasteiger partial charge in [-0.05, 0) is 12.1 Å². The minimum absolute atomic E-state index is 0.0595. The number of likely N-dealkylation sites (N-methyl/N-ethyl adjacent to an activating group) is 2. The topological polar surface area (TPSA) is 80.6 Å². The van der Waals surface area contributed by atoms with Gasteiger partial charge in [-0.15, -0.1) is 0 Å². The molecule has 1 aromatic carbocycles. The van der Waals surface area contributed by atoms with Crippen LogP contribution in [0.2, 0.25) is 0 Å². The number of hydrogen-bond donors (Lipinski definition) is 0. The minimum atomic E-state index is -0.554. The van der Waals surface area contributed by atoms with Gasteiger partial charge in [-0.2, -0.15) is 15.0 Å². The van der Waals surface area contributed by atoms with E-state index in [2.05, 4.69) is 14.9 Å². The Balaban J connectivity index is 1.95. The summed E-state index contributed by atoms with van der Waals surface area (Å²) in [5.41, 5.74) is 1.50. The van der Waals surface area contributed by atoms with Crippen LogP contribution in [0.4, 0.5) is 4.79 Å². The Bertz CT molecular complexity index is 671. The molecule has 0 radical (unpaired) electrons. The predicted molar refractivity (Wildman–Crippen MR) is 82.9 cm³/mol. The fraction of sp³-hybridized carbons (Fsp3) is 0.333. The van der Waals surface area contributed by atoms with Crippen LogP contribution < -0.4 is 0 Å². The van der Waals surface area contributed by atoms with Crippen LogP contribution in [-0.2, 0) is 16.1 Å². The van der Waals surface area contributed by atoms with Gasteiger partial charge < -0.3 is 14.5 Å². The van der Waals surface area contributed by atoms with Gasteiger partial charge in [0, 0.05) is 14.1 Å². The van der Waals surface area contributed by atoms with Crippen LogP contribution in [0.5, 0.6) is 0 Å². The van der Waals surface area contributed by atoms with E-state index in [0.29, 0.717) is 12.2 Å². The molecule has 0 atom stereocenters. The summed E-state index contributed by atoms with van der Waals surface area (Å²) in [5.74, 6) is -0.216. The summed E-state index contributed by atoms with van der Waals surface area (Å²) in [5, 5.41) is 8.52. The molecule has 0 aliphatic carbocycles. The van der Waals surface area contributed by atoms with Crippen molar-refractivity contribution in [2.45, 2.75) is 6.54 Å². The van der Waals surface area contributed by atoms with Crippen molar-refractivity contribution >= 4 is 12.0 Å². The highest BCUT2D eigenvalue weighted by atomic mass is 16.5. The van der Waals surface area contributed by atoms with Gasteiger partial charge in [0.25, 0.3) is 0 Å². The Morgan fingerprint density at radius 3 is 2.52 bits per heavy atom. The average molecular weight is 317 g/mol. The van der Waals surface area contributed by atoms with E-state index in [9.17, 15) is 9.59 Å². The maximum Gasteiger partial charge on any atom is 0.409 e. The largest absolute Gasteiger partial charge is 0.453 e. The second-order valence-electron chi connectivity index (χ2n) is 5.04. The number of aromatic nitrogens is 3. The fourth-order valence-electron chi connectivity index (χ4n) is 1.93. The number of rotatable bonds is 5. The van der Waals surface area contributed by atoms with Gasteiger partial charge in [0.2, 0.25) is 5.91 Å². The number of amides is 2. The van der Waals surface area contributed by atoms with Gasteiger partial charge in [0.1, 0.15) is 12.2 Å². The lowest BCUT2D eigenvalue weighted by Gasteiger charge is -2.20. The molecule has 8 heteroatoms. The smallest absolute Gasteiger partial charge is 0.409 e. The first-order chi connectivity index (χ1) is 11.0. The number of nitrogens with zero attached hydrogens (tertiary/aromatic N) is 5. The van der Waals surface area contributed by atoms with Crippen molar-refractivity contribution in [1.82, 2.24) is 24.8 Å². The summed E-state index contributed by atoms with van der Waals surface area (Å²) in [7, 11) is 4.42. The van der Waals surface area contributed by atoms with Gasteiger partial charge in [0.05, 0.1) is 25.5 Å². The molecule has 1 aromatic heterocycles. The van der Waals surface area contributed by atoms with E-state index >= 15 is 0 Å². The Labute approximate surface area is 134 Å². The molecule has 0 saturated carbocycles. The number of methoxy groups -OCH3 is 1. The number of carbonyl (C=O) groups excluding carboxylic acids is 2. The van der Waals surface area contributed by atoms with Crippen LogP contribution in [0.25, 0.3) is 5.69 Å². The standard InChI is InChI=1S/C15H19N5O3/c1-18(14(21)11-19(2)15(22)23-3)10-12-9-16-20(17-12)13-7-5-4-6-8-13/h4-9H,10-11H2,1-3H3. The van der Waals surface area contributed by atoms with E-state index in [1.165, 1.54) is 28.8 Å². The summed E-state index contributed by atoms with van der Waals surface area (Å²) >= 11 is 0. The van der Waals surface area contributed by atoms with Crippen molar-refractivity contribution in [1.29, 1.82) is 0 Å². The first-order valence-electron chi connectivity index (χ1n) is 7.01. The zero-order valence-corrected chi connectivity index (χ0v) is 13.3. The Kier molecular flexibility index (Phi) is 5.29. The summed E-state index contributed by atoms with van der Waals surface area (Å²) in [6.45, 7) is 0.247. The van der Waals surface area contributed by atoms with Gasteiger partial charge in [0.15, 0.2) is 0 Å². The van der Waals surface area contributed by atoms with E-state index in [1.54, 1.807) is 13.2 Å². The molecule has 0 N–H and O–H groups in total. The maximum atomic E-state index is 12.1. The summed E-state index contributed by atoms with van der Waals surface area (Å²) in [4.78, 5) is 27.6. The first-order valence-corrected chi connectivity index (χ1v) is 7.01. The number of para-hydroxylation sites is 1. The molecule has 0 saturated heterocycles. The molecule has 0 unspecified atom stereocenters. The maximum absolute atomic E-state index is 12.1. The third-order valence-electron chi connectivity index (χ3n) is 3.21. The van der Waals surface area contributed by atoms with Crippen LogP contribution in [0.15, 0.2) is 36.5 Å². The molecule has 8 nitrogen and oxygen atoms in total. The molecular weight excluding hydrogens is 298 g/mol. The van der Waals surface area contributed by atoms with Crippen LogP contribution >= 0.6 is 0 Å². The number of carbonyl (C=O) groups is 2. The predicted octanol–water partition coefficient (Wildman–Crippen LogP) is 0.924. The molecule has 1 heterocycles. The SMILES string of the molecule is COC(=O)N(C)CC(=O)N(C)Cc1cnn(-c2ccccc2)n1. The Morgan fingerprint density at radius 1 is 1.17 bits per heavy atom. The molecule has 2 aromatic rings. The molecule has 0 aliphatic rings. The highest BCUT2D eigenvalue weighted by Gasteiger charge is 2.17. The third kappa shape index (κ3) is 4.29. The lowest BCUT2D eigenvalue weighted by atomic mass is 10.3. The minimum Gasteiger partial charge on any atom is -0.453 e. The van der Waals surface area contributed by atoms with E-state index in [-0.39, 0.29) is 12.5 Å². The highest BCUT2D eigenvalue weighted by molar-refractivity contribution is 5.81. The monoisotopic (exact) mass is 317 g/mol. The fourth-order valence-corrected chi connectivity index (χ4v) is 1.93. The first kappa shape index (κ1) is 16.5. The zero-order chi connectivity index (χ0) is 16.8. The molecule has 2 amide bonds. The second kappa shape index (κ2) is 7.39. The van der Waals surface area contributed by atoms with Crippen LogP contribution in [0.1, 0.15) is 5.69 Å². The molecule has 0 aliphatic heterocycles. The normalized spacial score (nSPS) is 10.2. The number of hydrogen-bond acceptors (Lipinski definition) is 5.